The average molecular weight is 251 g/mol. The van der Waals surface area contributed by atoms with Gasteiger partial charge in [0, 0.05) is 12.1 Å². The van der Waals surface area contributed by atoms with E-state index in [9.17, 15) is 8.42 Å². The first-order chi connectivity index (χ1) is 8.08. The SMILES string of the molecule is Cc1ccc(S(=O)(=O)NCc2ccoc2)cc1. The summed E-state index contributed by atoms with van der Waals surface area (Å²) in [5.74, 6) is 0. The van der Waals surface area contributed by atoms with Crippen molar-refractivity contribution in [2.45, 2.75) is 18.4 Å². The summed E-state index contributed by atoms with van der Waals surface area (Å²) < 4.78 is 31.2. The first-order valence-electron chi connectivity index (χ1n) is 5.15. The standard InChI is InChI=1S/C12H13NO3S/c1-10-2-4-12(5-3-10)17(14,15)13-8-11-6-7-16-9-11/h2-7,9,13H,8H2,1H3. The molecule has 0 saturated carbocycles. The molecule has 0 radical (unpaired) electrons. The molecule has 5 heteroatoms. The fourth-order valence-electron chi connectivity index (χ4n) is 1.37. The Morgan fingerprint density at radius 2 is 1.88 bits per heavy atom. The van der Waals surface area contributed by atoms with Gasteiger partial charge in [-0.15, -0.1) is 0 Å². The lowest BCUT2D eigenvalue weighted by atomic mass is 10.2. The van der Waals surface area contributed by atoms with Crippen LogP contribution in [0.25, 0.3) is 0 Å². The van der Waals surface area contributed by atoms with Crippen LogP contribution in [0.2, 0.25) is 0 Å². The molecule has 0 spiro atoms. The van der Waals surface area contributed by atoms with Crippen molar-refractivity contribution in [1.29, 1.82) is 0 Å². The first-order valence-corrected chi connectivity index (χ1v) is 6.64. The number of hydrogen-bond acceptors (Lipinski definition) is 3. The Labute approximate surface area is 100 Å². The lowest BCUT2D eigenvalue weighted by Gasteiger charge is -2.05. The van der Waals surface area contributed by atoms with Crippen LogP contribution in [0.1, 0.15) is 11.1 Å². The van der Waals surface area contributed by atoms with E-state index in [1.54, 1.807) is 30.3 Å². The predicted molar refractivity (Wildman–Crippen MR) is 63.9 cm³/mol. The molecule has 0 aliphatic carbocycles. The number of benzene rings is 1. The minimum Gasteiger partial charge on any atom is -0.472 e. The van der Waals surface area contributed by atoms with Crippen LogP contribution in [0.5, 0.6) is 0 Å². The third-order valence-corrected chi connectivity index (χ3v) is 3.79. The largest absolute Gasteiger partial charge is 0.472 e. The zero-order chi connectivity index (χ0) is 12.3. The predicted octanol–water partition coefficient (Wildman–Crippen LogP) is 2.07. The summed E-state index contributed by atoms with van der Waals surface area (Å²) in [5.41, 5.74) is 1.82. The molecular formula is C12H13NO3S. The van der Waals surface area contributed by atoms with Gasteiger partial charge < -0.3 is 4.42 Å². The monoisotopic (exact) mass is 251 g/mol. The van der Waals surface area contributed by atoms with Crippen LogP contribution in [-0.4, -0.2) is 8.42 Å². The Morgan fingerprint density at radius 3 is 2.47 bits per heavy atom. The van der Waals surface area contributed by atoms with Crippen LogP contribution in [0.4, 0.5) is 0 Å². The highest BCUT2D eigenvalue weighted by Crippen LogP contribution is 2.10. The molecule has 0 aliphatic rings. The van der Waals surface area contributed by atoms with Crippen molar-refractivity contribution in [3.05, 3.63) is 54.0 Å². The van der Waals surface area contributed by atoms with Crippen LogP contribution >= 0.6 is 0 Å². The molecule has 0 atom stereocenters. The maximum Gasteiger partial charge on any atom is 0.240 e. The zero-order valence-corrected chi connectivity index (χ0v) is 10.2. The Hall–Kier alpha value is -1.59. The molecule has 1 aromatic carbocycles. The molecule has 0 fully saturated rings. The van der Waals surface area contributed by atoms with Gasteiger partial charge in [0.1, 0.15) is 0 Å². The summed E-state index contributed by atoms with van der Waals surface area (Å²) in [6.45, 7) is 2.14. The van der Waals surface area contributed by atoms with Gasteiger partial charge in [-0.2, -0.15) is 0 Å². The summed E-state index contributed by atoms with van der Waals surface area (Å²) >= 11 is 0. The van der Waals surface area contributed by atoms with E-state index in [4.69, 9.17) is 4.42 Å². The summed E-state index contributed by atoms with van der Waals surface area (Å²) in [5, 5.41) is 0. The van der Waals surface area contributed by atoms with Gasteiger partial charge in [-0.1, -0.05) is 17.7 Å². The normalized spacial score (nSPS) is 11.6. The number of furan rings is 1. The lowest BCUT2D eigenvalue weighted by molar-refractivity contribution is 0.561. The van der Waals surface area contributed by atoms with Gasteiger partial charge in [0.15, 0.2) is 0 Å². The fraction of sp³-hybridized carbons (Fsp3) is 0.167. The molecule has 1 heterocycles. The summed E-state index contributed by atoms with van der Waals surface area (Å²) in [4.78, 5) is 0.270. The van der Waals surface area contributed by atoms with Crippen molar-refractivity contribution in [2.75, 3.05) is 0 Å². The van der Waals surface area contributed by atoms with Crippen molar-refractivity contribution < 1.29 is 12.8 Å². The zero-order valence-electron chi connectivity index (χ0n) is 9.38. The van der Waals surface area contributed by atoms with E-state index >= 15 is 0 Å². The maximum absolute atomic E-state index is 11.9. The van der Waals surface area contributed by atoms with Crippen molar-refractivity contribution >= 4 is 10.0 Å². The third kappa shape index (κ3) is 2.95. The van der Waals surface area contributed by atoms with Gasteiger partial charge in [0.2, 0.25) is 10.0 Å². The van der Waals surface area contributed by atoms with E-state index < -0.39 is 10.0 Å². The van der Waals surface area contributed by atoms with Crippen LogP contribution in [0.3, 0.4) is 0 Å². The molecule has 0 amide bonds. The molecule has 0 saturated heterocycles. The molecule has 17 heavy (non-hydrogen) atoms. The number of hydrogen-bond donors (Lipinski definition) is 1. The minimum atomic E-state index is -3.44. The Kier molecular flexibility index (Phi) is 3.31. The molecule has 2 aromatic rings. The molecule has 90 valence electrons. The van der Waals surface area contributed by atoms with Crippen LogP contribution in [0.15, 0.2) is 52.2 Å². The number of nitrogens with one attached hydrogen (secondary N) is 1. The van der Waals surface area contributed by atoms with Gasteiger partial charge in [-0.05, 0) is 25.1 Å². The molecule has 1 aromatic heterocycles. The average Bonchev–Trinajstić information content (AvgIpc) is 2.80. The highest BCUT2D eigenvalue weighted by Gasteiger charge is 2.13. The smallest absolute Gasteiger partial charge is 0.240 e. The van der Waals surface area contributed by atoms with Crippen LogP contribution in [-0.2, 0) is 16.6 Å². The lowest BCUT2D eigenvalue weighted by Crippen LogP contribution is -2.22. The van der Waals surface area contributed by atoms with Crippen molar-refractivity contribution in [3.63, 3.8) is 0 Å². The highest BCUT2D eigenvalue weighted by molar-refractivity contribution is 7.89. The third-order valence-electron chi connectivity index (χ3n) is 2.38. The Morgan fingerprint density at radius 1 is 1.18 bits per heavy atom. The van der Waals surface area contributed by atoms with E-state index in [0.717, 1.165) is 11.1 Å². The highest BCUT2D eigenvalue weighted by atomic mass is 32.2. The Balaban J connectivity index is 2.11. The molecule has 0 aliphatic heterocycles. The second-order valence-corrected chi connectivity index (χ2v) is 5.54. The molecule has 2 rings (SSSR count). The van der Waals surface area contributed by atoms with Gasteiger partial charge >= 0.3 is 0 Å². The van der Waals surface area contributed by atoms with Crippen molar-refractivity contribution in [1.82, 2.24) is 4.72 Å². The topological polar surface area (TPSA) is 59.3 Å². The van der Waals surface area contributed by atoms with E-state index in [1.807, 2.05) is 6.92 Å². The number of aryl methyl sites for hydroxylation is 1. The second-order valence-electron chi connectivity index (χ2n) is 3.77. The van der Waals surface area contributed by atoms with E-state index in [2.05, 4.69) is 4.72 Å². The molecule has 0 bridgehead atoms. The maximum atomic E-state index is 11.9. The van der Waals surface area contributed by atoms with Gasteiger partial charge in [0.05, 0.1) is 17.4 Å². The molecular weight excluding hydrogens is 238 g/mol. The minimum absolute atomic E-state index is 0.229. The van der Waals surface area contributed by atoms with Gasteiger partial charge in [-0.25, -0.2) is 13.1 Å². The molecule has 1 N–H and O–H groups in total. The molecule has 0 unspecified atom stereocenters. The van der Waals surface area contributed by atoms with E-state index in [-0.39, 0.29) is 11.4 Å². The van der Waals surface area contributed by atoms with Crippen LogP contribution in [0, 0.1) is 6.92 Å². The van der Waals surface area contributed by atoms with E-state index in [1.165, 1.54) is 12.5 Å². The van der Waals surface area contributed by atoms with Crippen molar-refractivity contribution in [3.8, 4) is 0 Å². The summed E-state index contributed by atoms with van der Waals surface area (Å²) in [6.07, 6.45) is 3.02. The molecule has 4 nitrogen and oxygen atoms in total. The number of sulfonamides is 1. The summed E-state index contributed by atoms with van der Waals surface area (Å²) in [6, 6.07) is 8.44. The van der Waals surface area contributed by atoms with Crippen molar-refractivity contribution in [2.24, 2.45) is 0 Å². The van der Waals surface area contributed by atoms with Crippen LogP contribution < -0.4 is 4.72 Å². The Bertz CT molecular complexity index is 571. The van der Waals surface area contributed by atoms with E-state index in [0.29, 0.717) is 0 Å². The van der Waals surface area contributed by atoms with Gasteiger partial charge in [-0.3, -0.25) is 0 Å². The quantitative estimate of drug-likeness (QED) is 0.905. The van der Waals surface area contributed by atoms with Gasteiger partial charge in [0.25, 0.3) is 0 Å². The summed E-state index contributed by atoms with van der Waals surface area (Å²) in [7, 11) is -3.44. The number of rotatable bonds is 4. The second kappa shape index (κ2) is 4.73. The fourth-order valence-corrected chi connectivity index (χ4v) is 2.39. The first kappa shape index (κ1) is 11.9.